The van der Waals surface area contributed by atoms with Crippen LogP contribution in [0.4, 0.5) is 0 Å². The summed E-state index contributed by atoms with van der Waals surface area (Å²) in [5.41, 5.74) is 0.259. The molecule has 0 aliphatic heterocycles. The van der Waals surface area contributed by atoms with Gasteiger partial charge in [-0.25, -0.2) is 0 Å². The number of ketones is 1. The van der Waals surface area contributed by atoms with Gasteiger partial charge in [0.15, 0.2) is 0 Å². The third-order valence-electron chi connectivity index (χ3n) is 8.68. The Bertz CT molecular complexity index is 503. The van der Waals surface area contributed by atoms with Crippen molar-refractivity contribution in [2.45, 2.75) is 77.4 Å². The highest BCUT2D eigenvalue weighted by Crippen LogP contribution is 2.65. The number of Topliss-reactive ketones (excluding diaryl/α,β-unsaturated/α-hetero) is 1. The van der Waals surface area contributed by atoms with Crippen molar-refractivity contribution < 1.29 is 14.6 Å². The van der Waals surface area contributed by atoms with E-state index in [0.717, 1.165) is 44.4 Å². The number of ether oxygens (including phenoxy) is 1. The zero-order valence-corrected chi connectivity index (χ0v) is 14.9. The van der Waals surface area contributed by atoms with Gasteiger partial charge >= 0.3 is 0 Å². The molecular formula is C20H32O3. The third-order valence-corrected chi connectivity index (χ3v) is 8.68. The molecule has 4 aliphatic rings. The number of rotatable bonds is 1. The monoisotopic (exact) mass is 320 g/mol. The number of carbonyl (C=O) groups is 1. The van der Waals surface area contributed by atoms with Crippen molar-refractivity contribution in [2.24, 2.45) is 34.5 Å². The van der Waals surface area contributed by atoms with E-state index in [1.807, 2.05) is 0 Å². The summed E-state index contributed by atoms with van der Waals surface area (Å²) < 4.78 is 5.74. The van der Waals surface area contributed by atoms with Crippen LogP contribution in [0.1, 0.15) is 65.2 Å². The summed E-state index contributed by atoms with van der Waals surface area (Å²) in [6, 6.07) is 0. The molecular weight excluding hydrogens is 288 g/mol. The van der Waals surface area contributed by atoms with Gasteiger partial charge < -0.3 is 9.84 Å². The Morgan fingerprint density at radius 3 is 2.52 bits per heavy atom. The second-order valence-electron chi connectivity index (χ2n) is 9.29. The molecule has 4 aliphatic carbocycles. The highest BCUT2D eigenvalue weighted by molar-refractivity contribution is 5.87. The first-order valence-corrected chi connectivity index (χ1v) is 9.66. The zero-order chi connectivity index (χ0) is 16.4. The van der Waals surface area contributed by atoms with Crippen LogP contribution in [0, 0.1) is 34.5 Å². The first kappa shape index (κ1) is 16.1. The Balaban J connectivity index is 1.65. The summed E-state index contributed by atoms with van der Waals surface area (Å²) in [5, 5.41) is 10.4. The van der Waals surface area contributed by atoms with Gasteiger partial charge in [0.05, 0.1) is 12.2 Å². The fraction of sp³-hybridized carbons (Fsp3) is 0.950. The van der Waals surface area contributed by atoms with E-state index in [1.165, 1.54) is 12.8 Å². The summed E-state index contributed by atoms with van der Waals surface area (Å²) in [6.45, 7) is 4.71. The summed E-state index contributed by atoms with van der Waals surface area (Å²) in [5.74, 6) is 3.06. The molecule has 4 rings (SSSR count). The number of carbonyl (C=O) groups excluding carboxylic acids is 1. The maximum Gasteiger partial charge on any atom is 0.139 e. The van der Waals surface area contributed by atoms with Crippen molar-refractivity contribution in [1.82, 2.24) is 0 Å². The van der Waals surface area contributed by atoms with Crippen molar-refractivity contribution in [2.75, 3.05) is 7.11 Å². The van der Waals surface area contributed by atoms with Crippen LogP contribution in [0.15, 0.2) is 0 Å². The second-order valence-corrected chi connectivity index (χ2v) is 9.29. The van der Waals surface area contributed by atoms with E-state index in [4.69, 9.17) is 4.74 Å². The van der Waals surface area contributed by atoms with Crippen molar-refractivity contribution >= 4 is 5.78 Å². The third kappa shape index (κ3) is 2.05. The highest BCUT2D eigenvalue weighted by atomic mass is 16.5. The first-order chi connectivity index (χ1) is 10.9. The molecule has 0 aromatic carbocycles. The van der Waals surface area contributed by atoms with E-state index in [-0.39, 0.29) is 23.0 Å². The Morgan fingerprint density at radius 2 is 1.78 bits per heavy atom. The average molecular weight is 320 g/mol. The van der Waals surface area contributed by atoms with Crippen molar-refractivity contribution in [1.29, 1.82) is 0 Å². The van der Waals surface area contributed by atoms with Gasteiger partial charge in [0, 0.05) is 18.9 Å². The fourth-order valence-corrected chi connectivity index (χ4v) is 7.38. The molecule has 1 N–H and O–H groups in total. The van der Waals surface area contributed by atoms with Gasteiger partial charge in [-0.05, 0) is 74.0 Å². The quantitative estimate of drug-likeness (QED) is 0.803. The Kier molecular flexibility index (Phi) is 3.70. The van der Waals surface area contributed by atoms with Crippen molar-refractivity contribution in [3.63, 3.8) is 0 Å². The van der Waals surface area contributed by atoms with Crippen LogP contribution in [0.5, 0.6) is 0 Å². The predicted molar refractivity (Wildman–Crippen MR) is 88.9 cm³/mol. The van der Waals surface area contributed by atoms with Crippen LogP contribution >= 0.6 is 0 Å². The molecule has 0 spiro atoms. The van der Waals surface area contributed by atoms with E-state index >= 15 is 0 Å². The number of methoxy groups -OCH3 is 1. The average Bonchev–Trinajstić information content (AvgIpc) is 2.83. The van der Waals surface area contributed by atoms with Gasteiger partial charge in [-0.15, -0.1) is 0 Å². The smallest absolute Gasteiger partial charge is 0.139 e. The minimum absolute atomic E-state index is 0.00761. The molecule has 0 radical (unpaired) electrons. The number of aliphatic hydroxyl groups excluding tert-OH is 1. The highest BCUT2D eigenvalue weighted by Gasteiger charge is 2.61. The molecule has 0 unspecified atom stereocenters. The molecule has 0 saturated heterocycles. The minimum Gasteiger partial charge on any atom is -0.390 e. The van der Waals surface area contributed by atoms with Crippen LogP contribution in [0.3, 0.4) is 0 Å². The van der Waals surface area contributed by atoms with Crippen LogP contribution in [0.2, 0.25) is 0 Å². The van der Waals surface area contributed by atoms with E-state index in [0.29, 0.717) is 23.5 Å². The molecule has 3 heteroatoms. The van der Waals surface area contributed by atoms with Gasteiger partial charge in [0.1, 0.15) is 5.78 Å². The largest absolute Gasteiger partial charge is 0.390 e. The fourth-order valence-electron chi connectivity index (χ4n) is 7.38. The molecule has 0 amide bonds. The predicted octanol–water partition coefficient (Wildman–Crippen LogP) is 3.58. The van der Waals surface area contributed by atoms with Gasteiger partial charge in [0.2, 0.25) is 0 Å². The molecule has 0 heterocycles. The van der Waals surface area contributed by atoms with Gasteiger partial charge in [-0.3, -0.25) is 4.79 Å². The van der Waals surface area contributed by atoms with Gasteiger partial charge in [0.25, 0.3) is 0 Å². The standard InChI is InChI=1S/C20H32O3/c1-19-11-9-16(21)18(23-3)15(19)5-4-12-13-6-7-17(22)20(13,2)10-8-14(12)19/h12-16,18,21H,4-11H2,1-3H3/t12-,13-,14-,15-,16+,18+,19+,20-/m0/s1. The molecule has 23 heavy (non-hydrogen) atoms. The van der Waals surface area contributed by atoms with Gasteiger partial charge in [-0.1, -0.05) is 13.8 Å². The molecule has 4 saturated carbocycles. The number of hydrogen-bond donors (Lipinski definition) is 1. The molecule has 130 valence electrons. The lowest BCUT2D eigenvalue weighted by Crippen LogP contribution is -2.58. The lowest BCUT2D eigenvalue weighted by atomic mass is 9.44. The van der Waals surface area contributed by atoms with E-state index in [2.05, 4.69) is 13.8 Å². The normalized spacial score (nSPS) is 55.9. The summed E-state index contributed by atoms with van der Waals surface area (Å²) in [4.78, 5) is 12.5. The molecule has 3 nitrogen and oxygen atoms in total. The summed E-state index contributed by atoms with van der Waals surface area (Å²) in [6.07, 6.45) is 8.30. The molecule has 0 aromatic heterocycles. The SMILES string of the molecule is CO[C@H]1[C@H](O)CC[C@]2(C)[C@H]3CC[C@]4(C)C(=O)CC[C@H]4[C@@H]3CC[C@@H]12. The maximum atomic E-state index is 12.5. The van der Waals surface area contributed by atoms with Gasteiger partial charge in [-0.2, -0.15) is 0 Å². The Morgan fingerprint density at radius 1 is 1.00 bits per heavy atom. The van der Waals surface area contributed by atoms with Crippen molar-refractivity contribution in [3.05, 3.63) is 0 Å². The Labute approximate surface area is 140 Å². The minimum atomic E-state index is -0.295. The van der Waals surface area contributed by atoms with Crippen LogP contribution in [-0.4, -0.2) is 30.2 Å². The molecule has 0 bridgehead atoms. The summed E-state index contributed by atoms with van der Waals surface area (Å²) >= 11 is 0. The number of hydrogen-bond acceptors (Lipinski definition) is 3. The molecule has 8 atom stereocenters. The van der Waals surface area contributed by atoms with E-state index in [9.17, 15) is 9.90 Å². The van der Waals surface area contributed by atoms with Crippen LogP contribution in [-0.2, 0) is 9.53 Å². The molecule has 4 fully saturated rings. The number of fused-ring (bicyclic) bond motifs is 5. The number of aliphatic hydroxyl groups is 1. The topological polar surface area (TPSA) is 46.5 Å². The zero-order valence-electron chi connectivity index (χ0n) is 14.9. The lowest BCUT2D eigenvalue weighted by Gasteiger charge is -2.61. The molecule has 0 aromatic rings. The van der Waals surface area contributed by atoms with Crippen molar-refractivity contribution in [3.8, 4) is 0 Å². The van der Waals surface area contributed by atoms with E-state index in [1.54, 1.807) is 7.11 Å². The summed E-state index contributed by atoms with van der Waals surface area (Å²) in [7, 11) is 1.76. The van der Waals surface area contributed by atoms with E-state index < -0.39 is 0 Å². The van der Waals surface area contributed by atoms with Crippen LogP contribution in [0.25, 0.3) is 0 Å². The second kappa shape index (κ2) is 5.29. The lowest BCUT2D eigenvalue weighted by molar-refractivity contribution is -0.180. The Hall–Kier alpha value is -0.410. The van der Waals surface area contributed by atoms with Crippen LogP contribution < -0.4 is 0 Å². The first-order valence-electron chi connectivity index (χ1n) is 9.66. The maximum absolute atomic E-state index is 12.5.